The molecule has 0 atom stereocenters. The Balaban J connectivity index is -0.000000163. The van der Waals surface area contributed by atoms with Crippen molar-refractivity contribution in [2.24, 2.45) is 5.41 Å². The summed E-state index contributed by atoms with van der Waals surface area (Å²) in [5.41, 5.74) is 0.542. The molecule has 0 rings (SSSR count). The molecule has 0 radical (unpaired) electrons. The van der Waals surface area contributed by atoms with Crippen LogP contribution in [0, 0.1) is 5.41 Å². The largest absolute Gasteiger partial charge is 0.389 e. The number of hydrogen-bond acceptors (Lipinski definition) is 0. The highest BCUT2D eigenvalue weighted by atomic mass is 19.4. The Bertz CT molecular complexity index is 109. The maximum Gasteiger partial charge on any atom is 0.389 e. The van der Waals surface area contributed by atoms with Crippen molar-refractivity contribution in [1.82, 2.24) is 0 Å². The van der Waals surface area contributed by atoms with Gasteiger partial charge in [0.1, 0.15) is 0 Å². The lowest BCUT2D eigenvalue weighted by molar-refractivity contribution is -0.134. The first-order valence-corrected chi connectivity index (χ1v) is 4.69. The molecule has 0 aliphatic carbocycles. The predicted molar refractivity (Wildman–Crippen MR) is 57.4 cm³/mol. The first-order valence-electron chi connectivity index (χ1n) is 4.69. The Hall–Kier alpha value is -0.210. The van der Waals surface area contributed by atoms with Gasteiger partial charge in [0.05, 0.1) is 0 Å². The summed E-state index contributed by atoms with van der Waals surface area (Å²) < 4.78 is 33.2. The van der Waals surface area contributed by atoms with Crippen LogP contribution in [0.15, 0.2) is 0 Å². The van der Waals surface area contributed by atoms with Gasteiger partial charge in [0.25, 0.3) is 0 Å². The molecule has 0 amide bonds. The Kier molecular flexibility index (Phi) is 11.2. The van der Waals surface area contributed by atoms with E-state index in [9.17, 15) is 13.2 Å². The van der Waals surface area contributed by atoms with Crippen LogP contribution in [0.1, 0.15) is 61.3 Å². The highest BCUT2D eigenvalue weighted by Gasteiger charge is 2.24. The van der Waals surface area contributed by atoms with Crippen LogP contribution in [0.25, 0.3) is 0 Å². The van der Waals surface area contributed by atoms with Crippen LogP contribution in [0.4, 0.5) is 13.2 Å². The van der Waals surface area contributed by atoms with E-state index in [-0.39, 0.29) is 13.8 Å². The van der Waals surface area contributed by atoms with Crippen molar-refractivity contribution in [3.63, 3.8) is 0 Å². The fourth-order valence-corrected chi connectivity index (χ4v) is 0.283. The van der Waals surface area contributed by atoms with Crippen LogP contribution in [0.2, 0.25) is 0 Å². The van der Waals surface area contributed by atoms with Crippen molar-refractivity contribution >= 4 is 0 Å². The van der Waals surface area contributed by atoms with Crippen LogP contribution in [-0.4, -0.2) is 6.18 Å². The van der Waals surface area contributed by atoms with Crippen LogP contribution in [-0.2, 0) is 0 Å². The van der Waals surface area contributed by atoms with Crippen molar-refractivity contribution in [2.45, 2.75) is 67.5 Å². The number of halogens is 3. The van der Waals surface area contributed by atoms with Crippen LogP contribution in [0.5, 0.6) is 0 Å². The smallest absolute Gasteiger partial charge is 0.171 e. The molecule has 90 valence electrons. The van der Waals surface area contributed by atoms with Gasteiger partial charge in [-0.3, -0.25) is 0 Å². The maximum absolute atomic E-state index is 11.1. The molecular weight excluding hydrogens is 189 g/mol. The summed E-state index contributed by atoms with van der Waals surface area (Å²) in [6, 6.07) is 0. The van der Waals surface area contributed by atoms with Crippen molar-refractivity contribution < 1.29 is 13.2 Å². The standard InChI is InChI=1S/C6H14.C4H7F3.CH4/c1-5-6(2,3)4;1-2-3-4(5,6)7;/h5H2,1-4H3;2-3H2,1H3;1H4. The molecule has 14 heavy (non-hydrogen) atoms. The van der Waals surface area contributed by atoms with Crippen molar-refractivity contribution in [3.05, 3.63) is 0 Å². The summed E-state index contributed by atoms with van der Waals surface area (Å²) in [4.78, 5) is 0. The molecule has 0 heterocycles. The topological polar surface area (TPSA) is 0 Å². The second-order valence-corrected chi connectivity index (χ2v) is 4.28. The molecule has 0 saturated carbocycles. The average Bonchev–Trinajstić information content (AvgIpc) is 1.84. The minimum Gasteiger partial charge on any atom is -0.171 e. The van der Waals surface area contributed by atoms with Gasteiger partial charge in [0, 0.05) is 6.42 Å². The van der Waals surface area contributed by atoms with Gasteiger partial charge in [0.2, 0.25) is 0 Å². The van der Waals surface area contributed by atoms with Gasteiger partial charge in [-0.1, -0.05) is 48.5 Å². The zero-order valence-corrected chi connectivity index (χ0v) is 9.26. The molecule has 0 bridgehead atoms. The Morgan fingerprint density at radius 1 is 0.929 bits per heavy atom. The molecule has 0 nitrogen and oxygen atoms in total. The van der Waals surface area contributed by atoms with E-state index in [4.69, 9.17) is 0 Å². The molecule has 0 N–H and O–H groups in total. The van der Waals surface area contributed by atoms with Gasteiger partial charge < -0.3 is 0 Å². The first kappa shape index (κ1) is 19.4. The summed E-state index contributed by atoms with van der Waals surface area (Å²) in [5, 5.41) is 0. The third-order valence-electron chi connectivity index (χ3n) is 1.59. The average molecular weight is 214 g/mol. The minimum absolute atomic E-state index is 0. The van der Waals surface area contributed by atoms with E-state index >= 15 is 0 Å². The molecular formula is C11H25F3. The lowest BCUT2D eigenvalue weighted by Gasteiger charge is -2.12. The molecule has 3 heteroatoms. The van der Waals surface area contributed by atoms with E-state index < -0.39 is 12.6 Å². The summed E-state index contributed by atoms with van der Waals surface area (Å²) in [5.74, 6) is 0. The second-order valence-electron chi connectivity index (χ2n) is 4.28. The summed E-state index contributed by atoms with van der Waals surface area (Å²) in [6.45, 7) is 10.4. The highest BCUT2D eigenvalue weighted by Crippen LogP contribution is 2.20. The van der Waals surface area contributed by atoms with Gasteiger partial charge in [-0.2, -0.15) is 13.2 Å². The SMILES string of the molecule is C.CCC(C)(C)C.CCCC(F)(F)F. The lowest BCUT2D eigenvalue weighted by Crippen LogP contribution is -2.04. The Labute approximate surface area is 86.9 Å². The molecule has 0 unspecified atom stereocenters. The predicted octanol–water partition coefficient (Wildman–Crippen LogP) is 5.43. The van der Waals surface area contributed by atoms with Crippen molar-refractivity contribution in [1.29, 1.82) is 0 Å². The molecule has 0 aromatic carbocycles. The van der Waals surface area contributed by atoms with Crippen LogP contribution >= 0.6 is 0 Å². The fourth-order valence-electron chi connectivity index (χ4n) is 0.283. The third-order valence-corrected chi connectivity index (χ3v) is 1.59. The summed E-state index contributed by atoms with van der Waals surface area (Å²) >= 11 is 0. The maximum atomic E-state index is 11.1. The van der Waals surface area contributed by atoms with Crippen LogP contribution < -0.4 is 0 Å². The van der Waals surface area contributed by atoms with E-state index in [1.165, 1.54) is 13.3 Å². The zero-order valence-electron chi connectivity index (χ0n) is 9.26. The van der Waals surface area contributed by atoms with E-state index in [0.29, 0.717) is 5.41 Å². The molecule has 0 fully saturated rings. The second kappa shape index (κ2) is 8.13. The number of hydrogen-bond donors (Lipinski definition) is 0. The number of alkyl halides is 3. The Morgan fingerprint density at radius 3 is 1.21 bits per heavy atom. The van der Waals surface area contributed by atoms with Gasteiger partial charge in [-0.25, -0.2) is 0 Å². The molecule has 0 aromatic rings. The Morgan fingerprint density at radius 2 is 1.21 bits per heavy atom. The zero-order chi connectivity index (χ0) is 11.1. The summed E-state index contributed by atoms with van der Waals surface area (Å²) in [6.07, 6.45) is -3.15. The monoisotopic (exact) mass is 214 g/mol. The first-order chi connectivity index (χ1) is 5.62. The lowest BCUT2D eigenvalue weighted by atomic mass is 9.94. The molecule has 0 saturated heterocycles. The molecule has 0 aliphatic rings. The fraction of sp³-hybridized carbons (Fsp3) is 1.00. The quantitative estimate of drug-likeness (QED) is 0.546. The van der Waals surface area contributed by atoms with E-state index in [2.05, 4.69) is 27.7 Å². The third kappa shape index (κ3) is 29.8. The van der Waals surface area contributed by atoms with Gasteiger partial charge in [0.15, 0.2) is 0 Å². The van der Waals surface area contributed by atoms with E-state index in [1.54, 1.807) is 0 Å². The van der Waals surface area contributed by atoms with Crippen LogP contribution in [0.3, 0.4) is 0 Å². The molecule has 0 aromatic heterocycles. The summed E-state index contributed by atoms with van der Waals surface area (Å²) in [7, 11) is 0. The van der Waals surface area contributed by atoms with Gasteiger partial charge >= 0.3 is 6.18 Å². The normalized spacial score (nSPS) is 11.1. The van der Waals surface area contributed by atoms with E-state index in [0.717, 1.165) is 0 Å². The van der Waals surface area contributed by atoms with Gasteiger partial charge in [-0.15, -0.1) is 0 Å². The minimum atomic E-state index is -3.95. The molecule has 0 spiro atoms. The van der Waals surface area contributed by atoms with E-state index in [1.807, 2.05) is 0 Å². The van der Waals surface area contributed by atoms with Crippen molar-refractivity contribution in [2.75, 3.05) is 0 Å². The van der Waals surface area contributed by atoms with Gasteiger partial charge in [-0.05, 0) is 11.8 Å². The molecule has 0 aliphatic heterocycles. The van der Waals surface area contributed by atoms with Crippen molar-refractivity contribution in [3.8, 4) is 0 Å². The number of rotatable bonds is 1. The highest BCUT2D eigenvalue weighted by molar-refractivity contribution is 4.55.